The van der Waals surface area contributed by atoms with E-state index in [1.54, 1.807) is 35.6 Å². The number of hydrogen-bond acceptors (Lipinski definition) is 4. The summed E-state index contributed by atoms with van der Waals surface area (Å²) in [6.45, 7) is -0.406. The molecule has 0 atom stereocenters. The van der Waals surface area contributed by atoms with Crippen molar-refractivity contribution < 1.29 is 19.4 Å². The van der Waals surface area contributed by atoms with E-state index >= 15 is 0 Å². The number of carbonyl (C=O) groups is 2. The minimum absolute atomic E-state index is 0.00466. The molecule has 1 aromatic heterocycles. The Bertz CT molecular complexity index is 736. The molecule has 0 aliphatic heterocycles. The van der Waals surface area contributed by atoms with Crippen LogP contribution >= 0.6 is 11.3 Å². The van der Waals surface area contributed by atoms with E-state index in [1.165, 1.54) is 6.42 Å². The third kappa shape index (κ3) is 4.02. The molecular formula is C19H21NO4S. The van der Waals surface area contributed by atoms with Crippen LogP contribution in [0.4, 0.5) is 5.69 Å². The number of thiophene rings is 1. The van der Waals surface area contributed by atoms with Gasteiger partial charge in [-0.15, -0.1) is 11.3 Å². The van der Waals surface area contributed by atoms with Gasteiger partial charge >= 0.3 is 5.97 Å². The first-order chi connectivity index (χ1) is 12.1. The molecule has 1 aromatic carbocycles. The largest absolute Gasteiger partial charge is 0.482 e. The average molecular weight is 359 g/mol. The molecule has 1 aliphatic rings. The standard InChI is InChI=1S/C19H21NO4S/c21-17(22)13-24-15-7-4-6-14(12-15)20-18(23)19(9-2-1-3-10-19)16-8-5-11-25-16/h4-8,11-12H,1-3,9-10,13H2,(H,20,23)(H,21,22). The second-order valence-corrected chi connectivity index (χ2v) is 7.23. The minimum atomic E-state index is -1.03. The molecule has 0 radical (unpaired) electrons. The number of hydrogen-bond donors (Lipinski definition) is 2. The first-order valence-electron chi connectivity index (χ1n) is 8.40. The lowest BCUT2D eigenvalue weighted by atomic mass is 9.72. The number of aliphatic carboxylic acids is 1. The van der Waals surface area contributed by atoms with Crippen molar-refractivity contribution in [2.24, 2.45) is 0 Å². The molecule has 1 heterocycles. The topological polar surface area (TPSA) is 75.6 Å². The first kappa shape index (κ1) is 17.5. The van der Waals surface area contributed by atoms with Gasteiger partial charge in [-0.25, -0.2) is 4.79 Å². The van der Waals surface area contributed by atoms with Crippen LogP contribution in [0.5, 0.6) is 5.75 Å². The Labute approximate surface area is 150 Å². The van der Waals surface area contributed by atoms with Crippen molar-refractivity contribution >= 4 is 28.9 Å². The maximum Gasteiger partial charge on any atom is 0.341 e. The van der Waals surface area contributed by atoms with Crippen molar-refractivity contribution in [3.05, 3.63) is 46.7 Å². The van der Waals surface area contributed by atoms with Crippen molar-refractivity contribution in [2.45, 2.75) is 37.5 Å². The zero-order valence-electron chi connectivity index (χ0n) is 13.9. The average Bonchev–Trinajstić information content (AvgIpc) is 3.16. The highest BCUT2D eigenvalue weighted by molar-refractivity contribution is 7.10. The highest BCUT2D eigenvalue weighted by Crippen LogP contribution is 2.42. The monoisotopic (exact) mass is 359 g/mol. The lowest BCUT2D eigenvalue weighted by Gasteiger charge is -2.35. The third-order valence-electron chi connectivity index (χ3n) is 4.59. The molecule has 5 nitrogen and oxygen atoms in total. The van der Waals surface area contributed by atoms with Crippen LogP contribution in [0.1, 0.15) is 37.0 Å². The van der Waals surface area contributed by atoms with Gasteiger partial charge in [-0.3, -0.25) is 4.79 Å². The summed E-state index contributed by atoms with van der Waals surface area (Å²) in [4.78, 5) is 24.9. The lowest BCUT2D eigenvalue weighted by Crippen LogP contribution is -2.41. The molecule has 6 heteroatoms. The van der Waals surface area contributed by atoms with E-state index in [0.717, 1.165) is 30.6 Å². The van der Waals surface area contributed by atoms with E-state index in [4.69, 9.17) is 9.84 Å². The van der Waals surface area contributed by atoms with Crippen molar-refractivity contribution in [1.82, 2.24) is 0 Å². The van der Waals surface area contributed by atoms with Gasteiger partial charge in [0.15, 0.2) is 6.61 Å². The van der Waals surface area contributed by atoms with Gasteiger partial charge in [0, 0.05) is 16.6 Å². The fraction of sp³-hybridized carbons (Fsp3) is 0.368. The maximum absolute atomic E-state index is 13.1. The summed E-state index contributed by atoms with van der Waals surface area (Å²) in [6.07, 6.45) is 4.97. The second-order valence-electron chi connectivity index (χ2n) is 6.28. The molecule has 132 valence electrons. The highest BCUT2D eigenvalue weighted by Gasteiger charge is 2.41. The van der Waals surface area contributed by atoms with Gasteiger partial charge in [0.2, 0.25) is 5.91 Å². The molecule has 1 aliphatic carbocycles. The van der Waals surface area contributed by atoms with Gasteiger partial charge < -0.3 is 15.2 Å². The van der Waals surface area contributed by atoms with Crippen LogP contribution in [-0.4, -0.2) is 23.6 Å². The molecular weight excluding hydrogens is 338 g/mol. The number of carbonyl (C=O) groups excluding carboxylic acids is 1. The zero-order valence-corrected chi connectivity index (χ0v) is 14.7. The Kier molecular flexibility index (Phi) is 5.38. The van der Waals surface area contributed by atoms with Crippen LogP contribution in [0.3, 0.4) is 0 Å². The van der Waals surface area contributed by atoms with E-state index in [2.05, 4.69) is 5.32 Å². The lowest BCUT2D eigenvalue weighted by molar-refractivity contribution is -0.139. The van der Waals surface area contributed by atoms with Gasteiger partial charge in [0.05, 0.1) is 5.41 Å². The van der Waals surface area contributed by atoms with Gasteiger partial charge in [-0.05, 0) is 36.4 Å². The molecule has 0 unspecified atom stereocenters. The van der Waals surface area contributed by atoms with Crippen LogP contribution < -0.4 is 10.1 Å². The summed E-state index contributed by atoms with van der Waals surface area (Å²) in [6, 6.07) is 10.9. The van der Waals surface area contributed by atoms with Crippen molar-refractivity contribution in [2.75, 3.05) is 11.9 Å². The smallest absolute Gasteiger partial charge is 0.341 e. The molecule has 1 amide bonds. The number of nitrogens with one attached hydrogen (secondary N) is 1. The molecule has 1 fully saturated rings. The number of rotatable bonds is 6. The molecule has 2 aromatic rings. The molecule has 2 N–H and O–H groups in total. The summed E-state index contributed by atoms with van der Waals surface area (Å²) in [5, 5.41) is 13.7. The van der Waals surface area contributed by atoms with E-state index in [9.17, 15) is 9.59 Å². The normalized spacial score (nSPS) is 16.2. The molecule has 25 heavy (non-hydrogen) atoms. The number of carboxylic acid groups (broad SMARTS) is 1. The van der Waals surface area contributed by atoms with Gasteiger partial charge in [0.25, 0.3) is 0 Å². The van der Waals surface area contributed by atoms with E-state index < -0.39 is 18.0 Å². The Morgan fingerprint density at radius 3 is 2.64 bits per heavy atom. The summed E-state index contributed by atoms with van der Waals surface area (Å²) in [5.74, 6) is -0.604. The van der Waals surface area contributed by atoms with Gasteiger partial charge in [-0.2, -0.15) is 0 Å². The molecule has 3 rings (SSSR count). The Morgan fingerprint density at radius 2 is 1.96 bits per heavy atom. The number of anilines is 1. The summed E-state index contributed by atoms with van der Waals surface area (Å²) in [5.41, 5.74) is 0.152. The number of amides is 1. The third-order valence-corrected chi connectivity index (χ3v) is 5.66. The minimum Gasteiger partial charge on any atom is -0.482 e. The summed E-state index contributed by atoms with van der Waals surface area (Å²) in [7, 11) is 0. The van der Waals surface area contributed by atoms with Gasteiger partial charge in [0.1, 0.15) is 5.75 Å². The fourth-order valence-corrected chi connectivity index (χ4v) is 4.33. The maximum atomic E-state index is 13.1. The zero-order chi connectivity index (χ0) is 17.7. The van der Waals surface area contributed by atoms with Crippen molar-refractivity contribution in [3.63, 3.8) is 0 Å². The van der Waals surface area contributed by atoms with Crippen LogP contribution in [0, 0.1) is 0 Å². The van der Waals surface area contributed by atoms with Crippen LogP contribution in [0.15, 0.2) is 41.8 Å². The molecule has 0 spiro atoms. The quantitative estimate of drug-likeness (QED) is 0.816. The Hall–Kier alpha value is -2.34. The number of ether oxygens (including phenoxy) is 1. The van der Waals surface area contributed by atoms with E-state index in [0.29, 0.717) is 11.4 Å². The Balaban J connectivity index is 1.78. The number of carboxylic acids is 1. The first-order valence-corrected chi connectivity index (χ1v) is 9.28. The Morgan fingerprint density at radius 1 is 1.16 bits per heavy atom. The molecule has 1 saturated carbocycles. The summed E-state index contributed by atoms with van der Waals surface area (Å²) < 4.78 is 5.18. The predicted octanol–water partition coefficient (Wildman–Crippen LogP) is 4.05. The fourth-order valence-electron chi connectivity index (χ4n) is 3.35. The van der Waals surface area contributed by atoms with E-state index in [-0.39, 0.29) is 5.91 Å². The highest BCUT2D eigenvalue weighted by atomic mass is 32.1. The van der Waals surface area contributed by atoms with Crippen LogP contribution in [0.2, 0.25) is 0 Å². The molecule has 0 saturated heterocycles. The van der Waals surface area contributed by atoms with Crippen LogP contribution in [0.25, 0.3) is 0 Å². The summed E-state index contributed by atoms with van der Waals surface area (Å²) >= 11 is 1.63. The number of benzene rings is 1. The van der Waals surface area contributed by atoms with Gasteiger partial charge in [-0.1, -0.05) is 31.4 Å². The SMILES string of the molecule is O=C(O)COc1cccc(NC(=O)C2(c3cccs3)CCCCC2)c1. The van der Waals surface area contributed by atoms with E-state index in [1.807, 2.05) is 17.5 Å². The predicted molar refractivity (Wildman–Crippen MR) is 97.3 cm³/mol. The van der Waals surface area contributed by atoms with Crippen molar-refractivity contribution in [1.29, 1.82) is 0 Å². The second kappa shape index (κ2) is 7.70. The van der Waals surface area contributed by atoms with Crippen LogP contribution in [-0.2, 0) is 15.0 Å². The molecule has 0 bridgehead atoms. The van der Waals surface area contributed by atoms with Crippen molar-refractivity contribution in [3.8, 4) is 5.75 Å².